The molecule has 1 aromatic rings. The molecule has 0 aromatic heterocycles. The van der Waals surface area contributed by atoms with Crippen molar-refractivity contribution < 1.29 is 13.9 Å². The highest BCUT2D eigenvalue weighted by molar-refractivity contribution is 6.31. The Morgan fingerprint density at radius 1 is 1.53 bits per heavy atom. The predicted molar refractivity (Wildman–Crippen MR) is 69.8 cm³/mol. The van der Waals surface area contributed by atoms with Crippen molar-refractivity contribution in [3.8, 4) is 0 Å². The molecule has 6 heteroatoms. The Bertz CT molecular complexity index is 552. The van der Waals surface area contributed by atoms with E-state index in [0.717, 1.165) is 6.54 Å². The SMILES string of the molecule is C[C@@H]1CNCC2(C1)OC(=O)Nc1ccc(Cl)c(F)c12. The molecule has 19 heavy (non-hydrogen) atoms. The molecule has 1 amide bonds. The molecule has 2 aliphatic heterocycles. The molecule has 1 unspecified atom stereocenters. The first-order valence-electron chi connectivity index (χ1n) is 6.21. The Morgan fingerprint density at radius 2 is 2.32 bits per heavy atom. The number of hydrogen-bond donors (Lipinski definition) is 2. The van der Waals surface area contributed by atoms with Gasteiger partial charge in [-0.2, -0.15) is 0 Å². The standard InChI is InChI=1S/C13H14ClFN2O2/c1-7-4-13(6-16-5-7)10-9(17-12(18)19-13)3-2-8(14)11(10)15/h2-3,7,16H,4-6H2,1H3,(H,17,18)/t7-,13?/m0/s1. The van der Waals surface area contributed by atoms with Crippen molar-refractivity contribution in [3.05, 3.63) is 28.5 Å². The molecule has 1 saturated heterocycles. The van der Waals surface area contributed by atoms with Gasteiger partial charge in [0.15, 0.2) is 11.4 Å². The van der Waals surface area contributed by atoms with Crippen LogP contribution in [0.3, 0.4) is 0 Å². The predicted octanol–water partition coefficient (Wildman–Crippen LogP) is 2.87. The monoisotopic (exact) mass is 284 g/mol. The summed E-state index contributed by atoms with van der Waals surface area (Å²) in [7, 11) is 0. The molecule has 0 bridgehead atoms. The fourth-order valence-electron chi connectivity index (χ4n) is 2.96. The van der Waals surface area contributed by atoms with Gasteiger partial charge >= 0.3 is 6.09 Å². The van der Waals surface area contributed by atoms with Gasteiger partial charge in [-0.05, 0) is 31.0 Å². The average Bonchev–Trinajstić information content (AvgIpc) is 2.33. The lowest BCUT2D eigenvalue weighted by molar-refractivity contribution is -0.0230. The molecule has 2 atom stereocenters. The van der Waals surface area contributed by atoms with E-state index in [1.807, 2.05) is 6.92 Å². The fraction of sp³-hybridized carbons (Fsp3) is 0.462. The minimum absolute atomic E-state index is 0.0381. The Labute approximate surface area is 115 Å². The number of ether oxygens (including phenoxy) is 1. The van der Waals surface area contributed by atoms with Crippen LogP contribution in [0.15, 0.2) is 12.1 Å². The van der Waals surface area contributed by atoms with Crippen LogP contribution >= 0.6 is 11.6 Å². The minimum Gasteiger partial charge on any atom is -0.436 e. The second kappa shape index (κ2) is 4.35. The van der Waals surface area contributed by atoms with Crippen molar-refractivity contribution in [2.24, 2.45) is 5.92 Å². The van der Waals surface area contributed by atoms with E-state index in [-0.39, 0.29) is 10.9 Å². The largest absolute Gasteiger partial charge is 0.436 e. The summed E-state index contributed by atoms with van der Waals surface area (Å²) < 4.78 is 19.8. The third kappa shape index (κ3) is 1.97. The first-order valence-corrected chi connectivity index (χ1v) is 6.59. The number of fused-ring (bicyclic) bond motifs is 2. The third-order valence-corrected chi connectivity index (χ3v) is 3.95. The Balaban J connectivity index is 2.17. The Hall–Kier alpha value is -1.33. The molecule has 2 N–H and O–H groups in total. The zero-order valence-corrected chi connectivity index (χ0v) is 11.2. The van der Waals surface area contributed by atoms with Gasteiger partial charge in [-0.15, -0.1) is 0 Å². The maximum absolute atomic E-state index is 14.4. The summed E-state index contributed by atoms with van der Waals surface area (Å²) in [5, 5.41) is 5.75. The highest BCUT2D eigenvalue weighted by atomic mass is 35.5. The second-order valence-corrected chi connectivity index (χ2v) is 5.64. The lowest BCUT2D eigenvalue weighted by Gasteiger charge is -2.43. The zero-order valence-electron chi connectivity index (χ0n) is 10.4. The minimum atomic E-state index is -0.968. The van der Waals surface area contributed by atoms with Crippen molar-refractivity contribution in [3.63, 3.8) is 0 Å². The number of anilines is 1. The van der Waals surface area contributed by atoms with Gasteiger partial charge in [-0.3, -0.25) is 5.32 Å². The van der Waals surface area contributed by atoms with Gasteiger partial charge in [0.05, 0.1) is 16.3 Å². The molecule has 1 spiro atoms. The smallest absolute Gasteiger partial charge is 0.412 e. The number of amides is 1. The molecule has 1 fully saturated rings. The lowest BCUT2D eigenvalue weighted by Crippen LogP contribution is -2.52. The van der Waals surface area contributed by atoms with Crippen LogP contribution in [0.2, 0.25) is 5.02 Å². The number of carbonyl (C=O) groups excluding carboxylic acids is 1. The summed E-state index contributed by atoms with van der Waals surface area (Å²) in [4.78, 5) is 11.7. The molecule has 2 heterocycles. The maximum atomic E-state index is 14.4. The number of benzene rings is 1. The number of hydrogen-bond acceptors (Lipinski definition) is 3. The summed E-state index contributed by atoms with van der Waals surface area (Å²) in [6.07, 6.45) is 0.0302. The number of carbonyl (C=O) groups is 1. The molecule has 0 saturated carbocycles. The summed E-state index contributed by atoms with van der Waals surface area (Å²) in [6.45, 7) is 3.26. The summed E-state index contributed by atoms with van der Waals surface area (Å²) in [5.41, 5.74) is -0.183. The van der Waals surface area contributed by atoms with E-state index in [4.69, 9.17) is 16.3 Å². The molecule has 0 radical (unpaired) electrons. The summed E-state index contributed by atoms with van der Waals surface area (Å²) >= 11 is 5.86. The average molecular weight is 285 g/mol. The van der Waals surface area contributed by atoms with E-state index in [2.05, 4.69) is 10.6 Å². The molecular formula is C13H14ClFN2O2. The number of halogens is 2. The van der Waals surface area contributed by atoms with Crippen molar-refractivity contribution in [2.45, 2.75) is 18.9 Å². The Morgan fingerprint density at radius 3 is 3.05 bits per heavy atom. The van der Waals surface area contributed by atoms with Crippen molar-refractivity contribution >= 4 is 23.4 Å². The van der Waals surface area contributed by atoms with Crippen LogP contribution in [0.4, 0.5) is 14.9 Å². The second-order valence-electron chi connectivity index (χ2n) is 5.23. The van der Waals surface area contributed by atoms with Crippen LogP contribution < -0.4 is 10.6 Å². The molecule has 0 aliphatic carbocycles. The van der Waals surface area contributed by atoms with E-state index >= 15 is 0 Å². The number of nitrogens with one attached hydrogen (secondary N) is 2. The highest BCUT2D eigenvalue weighted by Gasteiger charge is 2.47. The van der Waals surface area contributed by atoms with Gasteiger partial charge in [0, 0.05) is 6.54 Å². The molecule has 2 aliphatic rings. The van der Waals surface area contributed by atoms with E-state index in [1.54, 1.807) is 6.07 Å². The normalized spacial score (nSPS) is 29.6. The first-order chi connectivity index (χ1) is 9.02. The third-order valence-electron chi connectivity index (χ3n) is 3.66. The van der Waals surface area contributed by atoms with Crippen LogP contribution in [-0.2, 0) is 10.3 Å². The topological polar surface area (TPSA) is 50.4 Å². The van der Waals surface area contributed by atoms with Crippen LogP contribution in [0, 0.1) is 11.7 Å². The van der Waals surface area contributed by atoms with Gasteiger partial charge in [-0.25, -0.2) is 9.18 Å². The van der Waals surface area contributed by atoms with Gasteiger partial charge in [-0.1, -0.05) is 18.5 Å². The van der Waals surface area contributed by atoms with E-state index < -0.39 is 17.5 Å². The van der Waals surface area contributed by atoms with Gasteiger partial charge in [0.1, 0.15) is 0 Å². The van der Waals surface area contributed by atoms with Crippen LogP contribution in [-0.4, -0.2) is 19.2 Å². The van der Waals surface area contributed by atoms with Crippen LogP contribution in [0.25, 0.3) is 0 Å². The molecule has 3 rings (SSSR count). The summed E-state index contributed by atoms with van der Waals surface area (Å²) in [6, 6.07) is 3.05. The number of rotatable bonds is 0. The molecule has 102 valence electrons. The van der Waals surface area contributed by atoms with Gasteiger partial charge in [0.25, 0.3) is 0 Å². The summed E-state index contributed by atoms with van der Waals surface area (Å²) in [5.74, 6) is -0.235. The zero-order chi connectivity index (χ0) is 13.6. The Kier molecular flexibility index (Phi) is 2.91. The van der Waals surface area contributed by atoms with Crippen molar-refractivity contribution in [2.75, 3.05) is 18.4 Å². The quantitative estimate of drug-likeness (QED) is 0.770. The van der Waals surface area contributed by atoms with E-state index in [0.29, 0.717) is 24.2 Å². The van der Waals surface area contributed by atoms with E-state index in [9.17, 15) is 9.18 Å². The van der Waals surface area contributed by atoms with Gasteiger partial charge < -0.3 is 10.1 Å². The molecule has 1 aromatic carbocycles. The lowest BCUT2D eigenvalue weighted by atomic mass is 9.80. The highest BCUT2D eigenvalue weighted by Crippen LogP contribution is 2.44. The van der Waals surface area contributed by atoms with Crippen molar-refractivity contribution in [1.29, 1.82) is 0 Å². The van der Waals surface area contributed by atoms with Crippen LogP contribution in [0.5, 0.6) is 0 Å². The van der Waals surface area contributed by atoms with Gasteiger partial charge in [0.2, 0.25) is 0 Å². The fourth-order valence-corrected chi connectivity index (χ4v) is 3.12. The van der Waals surface area contributed by atoms with E-state index in [1.165, 1.54) is 6.07 Å². The van der Waals surface area contributed by atoms with Crippen molar-refractivity contribution in [1.82, 2.24) is 5.32 Å². The molecule has 4 nitrogen and oxygen atoms in total. The number of piperidine rings is 1. The maximum Gasteiger partial charge on any atom is 0.412 e. The molecular weight excluding hydrogens is 271 g/mol. The first kappa shape index (κ1) is 12.7. The van der Waals surface area contributed by atoms with Crippen LogP contribution in [0.1, 0.15) is 18.9 Å².